The zero-order chi connectivity index (χ0) is 18.8. The average molecular weight is 346 g/mol. The van der Waals surface area contributed by atoms with E-state index < -0.39 is 0 Å². The van der Waals surface area contributed by atoms with Gasteiger partial charge in [-0.1, -0.05) is 67.6 Å². The quantitative estimate of drug-likeness (QED) is 0.499. The van der Waals surface area contributed by atoms with E-state index in [1.807, 2.05) is 72.8 Å². The molecule has 0 saturated heterocycles. The number of rotatable bonds is 4. The molecule has 3 aromatic rings. The average Bonchev–Trinajstić information content (AvgIpc) is 2.67. The third-order valence-electron chi connectivity index (χ3n) is 3.84. The number of nitrogen functional groups attached to an aromatic ring is 2. The lowest BCUT2D eigenvalue weighted by atomic mass is 10.1. The fourth-order valence-corrected chi connectivity index (χ4v) is 2.55. The van der Waals surface area contributed by atoms with E-state index in [0.29, 0.717) is 11.4 Å². The van der Waals surface area contributed by atoms with Gasteiger partial charge in [-0.3, -0.25) is 0 Å². The highest BCUT2D eigenvalue weighted by atomic mass is 16.5. The van der Waals surface area contributed by atoms with Crippen molar-refractivity contribution in [3.05, 3.63) is 89.5 Å². The molecule has 26 heavy (non-hydrogen) atoms. The van der Waals surface area contributed by atoms with Crippen LogP contribution in [0.5, 0.6) is 5.75 Å². The topological polar surface area (TPSA) is 61.3 Å². The first kappa shape index (κ1) is 19.1. The van der Waals surface area contributed by atoms with Crippen molar-refractivity contribution < 1.29 is 4.74 Å². The number of benzene rings is 3. The lowest BCUT2D eigenvalue weighted by molar-refractivity contribution is 0.410. The number of aryl methyl sites for hydroxylation is 1. The van der Waals surface area contributed by atoms with Crippen molar-refractivity contribution in [3.8, 4) is 5.75 Å². The van der Waals surface area contributed by atoms with E-state index in [2.05, 4.69) is 13.0 Å². The fraction of sp³-hybridized carbons (Fsp3) is 0.130. The van der Waals surface area contributed by atoms with E-state index in [1.54, 1.807) is 13.2 Å². The number of nitrogens with two attached hydrogens (primary N) is 2. The first-order valence-electron chi connectivity index (χ1n) is 8.63. The van der Waals surface area contributed by atoms with Crippen LogP contribution < -0.4 is 16.2 Å². The molecule has 0 amide bonds. The summed E-state index contributed by atoms with van der Waals surface area (Å²) in [7, 11) is 1.70. The maximum Gasteiger partial charge on any atom is 0.122 e. The Bertz CT molecular complexity index is 799. The van der Waals surface area contributed by atoms with Crippen molar-refractivity contribution in [2.24, 2.45) is 0 Å². The minimum absolute atomic E-state index is 0.688. The molecule has 0 fully saturated rings. The Labute approximate surface area is 155 Å². The molecule has 0 aliphatic rings. The molecule has 0 spiro atoms. The molecule has 3 aromatic carbocycles. The lowest BCUT2D eigenvalue weighted by Gasteiger charge is -2.03. The number of ether oxygens (including phenoxy) is 1. The summed E-state index contributed by atoms with van der Waals surface area (Å²) in [5, 5.41) is 0. The van der Waals surface area contributed by atoms with Gasteiger partial charge in [-0.2, -0.15) is 0 Å². The standard InChI is InChI=1S/C14H14N2.C9H12O/c15-13-8-12(9-14(16)10-13)7-6-11-4-2-1-3-5-11;1-3-8-6-4-5-7-9(8)10-2/h1-10H,15-16H2;4-7H,3H2,1-2H3. The molecule has 0 saturated carbocycles. The molecule has 0 aromatic heterocycles. The summed E-state index contributed by atoms with van der Waals surface area (Å²) in [4.78, 5) is 0. The summed E-state index contributed by atoms with van der Waals surface area (Å²) < 4.78 is 5.14. The monoisotopic (exact) mass is 346 g/mol. The molecule has 3 rings (SSSR count). The SMILES string of the molecule is CCc1ccccc1OC.Nc1cc(N)cc(C=Cc2ccccc2)c1. The summed E-state index contributed by atoms with van der Waals surface area (Å²) >= 11 is 0. The second-order valence-electron chi connectivity index (χ2n) is 5.84. The van der Waals surface area contributed by atoms with Crippen molar-refractivity contribution >= 4 is 23.5 Å². The Kier molecular flexibility index (Phi) is 7.31. The first-order valence-corrected chi connectivity index (χ1v) is 8.63. The number of anilines is 2. The van der Waals surface area contributed by atoms with E-state index in [1.165, 1.54) is 5.56 Å². The van der Waals surface area contributed by atoms with Gasteiger partial charge in [0.05, 0.1) is 7.11 Å². The van der Waals surface area contributed by atoms with Crippen LogP contribution in [0, 0.1) is 0 Å². The third-order valence-corrected chi connectivity index (χ3v) is 3.84. The van der Waals surface area contributed by atoms with Crippen LogP contribution in [0.4, 0.5) is 11.4 Å². The molecule has 0 aliphatic heterocycles. The van der Waals surface area contributed by atoms with Crippen LogP contribution in [0.1, 0.15) is 23.6 Å². The van der Waals surface area contributed by atoms with Crippen molar-refractivity contribution in [2.75, 3.05) is 18.6 Å². The molecule has 3 heteroatoms. The summed E-state index contributed by atoms with van der Waals surface area (Å²) in [6.07, 6.45) is 5.07. The Hall–Kier alpha value is -3.20. The second kappa shape index (κ2) is 9.94. The van der Waals surface area contributed by atoms with Crippen LogP contribution in [0.15, 0.2) is 72.8 Å². The van der Waals surface area contributed by atoms with Crippen molar-refractivity contribution in [1.82, 2.24) is 0 Å². The van der Waals surface area contributed by atoms with Crippen LogP contribution in [0.25, 0.3) is 12.2 Å². The number of methoxy groups -OCH3 is 1. The number of hydrogen-bond donors (Lipinski definition) is 2. The Morgan fingerprint density at radius 2 is 1.35 bits per heavy atom. The zero-order valence-electron chi connectivity index (χ0n) is 15.4. The van der Waals surface area contributed by atoms with E-state index >= 15 is 0 Å². The summed E-state index contributed by atoms with van der Waals surface area (Å²) in [5.41, 5.74) is 16.2. The van der Waals surface area contributed by atoms with Gasteiger partial charge < -0.3 is 16.2 Å². The Morgan fingerprint density at radius 3 is 1.92 bits per heavy atom. The van der Waals surface area contributed by atoms with Crippen molar-refractivity contribution in [2.45, 2.75) is 13.3 Å². The van der Waals surface area contributed by atoms with E-state index in [0.717, 1.165) is 23.3 Å². The third kappa shape index (κ3) is 6.02. The zero-order valence-corrected chi connectivity index (χ0v) is 15.4. The highest BCUT2D eigenvalue weighted by Gasteiger charge is 1.95. The van der Waals surface area contributed by atoms with Crippen LogP contribution in [-0.2, 0) is 6.42 Å². The van der Waals surface area contributed by atoms with Crippen LogP contribution in [0.2, 0.25) is 0 Å². The van der Waals surface area contributed by atoms with Gasteiger partial charge in [0, 0.05) is 11.4 Å². The predicted molar refractivity (Wildman–Crippen MR) is 113 cm³/mol. The molecule has 0 radical (unpaired) electrons. The molecular formula is C23H26N2O. The maximum absolute atomic E-state index is 5.71. The van der Waals surface area contributed by atoms with Gasteiger partial charge in [0.15, 0.2) is 0 Å². The van der Waals surface area contributed by atoms with Gasteiger partial charge in [-0.15, -0.1) is 0 Å². The smallest absolute Gasteiger partial charge is 0.122 e. The minimum Gasteiger partial charge on any atom is -0.496 e. The van der Waals surface area contributed by atoms with Crippen LogP contribution in [0.3, 0.4) is 0 Å². The number of para-hydroxylation sites is 1. The second-order valence-corrected chi connectivity index (χ2v) is 5.84. The largest absolute Gasteiger partial charge is 0.496 e. The Morgan fingerprint density at radius 1 is 0.769 bits per heavy atom. The van der Waals surface area contributed by atoms with Gasteiger partial charge in [0.25, 0.3) is 0 Å². The fourth-order valence-electron chi connectivity index (χ4n) is 2.55. The molecule has 0 heterocycles. The van der Waals surface area contributed by atoms with Gasteiger partial charge in [-0.05, 0) is 47.4 Å². The van der Waals surface area contributed by atoms with E-state index in [4.69, 9.17) is 16.2 Å². The summed E-state index contributed by atoms with van der Waals surface area (Å²) in [6, 6.07) is 23.7. The maximum atomic E-state index is 5.71. The molecule has 134 valence electrons. The van der Waals surface area contributed by atoms with Gasteiger partial charge >= 0.3 is 0 Å². The molecule has 3 nitrogen and oxygen atoms in total. The lowest BCUT2D eigenvalue weighted by Crippen LogP contribution is -1.90. The first-order chi connectivity index (χ1) is 12.6. The molecule has 0 unspecified atom stereocenters. The summed E-state index contributed by atoms with van der Waals surface area (Å²) in [6.45, 7) is 2.12. The molecular weight excluding hydrogens is 320 g/mol. The van der Waals surface area contributed by atoms with Gasteiger partial charge in [-0.25, -0.2) is 0 Å². The number of hydrogen-bond acceptors (Lipinski definition) is 3. The van der Waals surface area contributed by atoms with Crippen LogP contribution in [-0.4, -0.2) is 7.11 Å². The minimum atomic E-state index is 0.688. The highest BCUT2D eigenvalue weighted by Crippen LogP contribution is 2.17. The highest BCUT2D eigenvalue weighted by molar-refractivity contribution is 5.73. The molecule has 4 N–H and O–H groups in total. The molecule has 0 bridgehead atoms. The normalized spacial score (nSPS) is 10.2. The van der Waals surface area contributed by atoms with E-state index in [-0.39, 0.29) is 0 Å². The van der Waals surface area contributed by atoms with Crippen molar-refractivity contribution in [3.63, 3.8) is 0 Å². The van der Waals surface area contributed by atoms with Gasteiger partial charge in [0.1, 0.15) is 5.75 Å². The van der Waals surface area contributed by atoms with Crippen molar-refractivity contribution in [1.29, 1.82) is 0 Å². The predicted octanol–water partition coefficient (Wildman–Crippen LogP) is 5.28. The summed E-state index contributed by atoms with van der Waals surface area (Å²) in [5.74, 6) is 0.991. The van der Waals surface area contributed by atoms with Crippen LogP contribution >= 0.6 is 0 Å². The molecule has 0 atom stereocenters. The molecule has 0 aliphatic carbocycles. The Balaban J connectivity index is 0.000000209. The van der Waals surface area contributed by atoms with Gasteiger partial charge in [0.2, 0.25) is 0 Å². The van der Waals surface area contributed by atoms with E-state index in [9.17, 15) is 0 Å².